The smallest absolute Gasteiger partial charge is 0.308 e. The Morgan fingerprint density at radius 2 is 2.27 bits per heavy atom. The van der Waals surface area contributed by atoms with Gasteiger partial charge >= 0.3 is 5.97 Å². The van der Waals surface area contributed by atoms with Gasteiger partial charge < -0.3 is 20.2 Å². The number of carboxylic acids is 1. The second-order valence-corrected chi connectivity index (χ2v) is 3.71. The van der Waals surface area contributed by atoms with Crippen molar-refractivity contribution in [3.8, 4) is 0 Å². The Balaban J connectivity index is 2.53. The van der Waals surface area contributed by atoms with Gasteiger partial charge in [-0.05, 0) is 6.42 Å². The first-order valence-electron chi connectivity index (χ1n) is 4.84. The minimum absolute atomic E-state index is 0.000880. The highest BCUT2D eigenvalue weighted by Crippen LogP contribution is 2.17. The van der Waals surface area contributed by atoms with E-state index in [1.165, 1.54) is 4.90 Å². The highest BCUT2D eigenvalue weighted by Gasteiger charge is 2.30. The summed E-state index contributed by atoms with van der Waals surface area (Å²) in [5, 5.41) is 26.6. The number of carbonyl (C=O) groups is 2. The molecule has 0 saturated carbocycles. The quantitative estimate of drug-likeness (QED) is 0.541. The zero-order valence-electron chi connectivity index (χ0n) is 8.30. The predicted molar refractivity (Wildman–Crippen MR) is 50.0 cm³/mol. The van der Waals surface area contributed by atoms with E-state index in [1.807, 2.05) is 0 Å². The molecule has 1 fully saturated rings. The fourth-order valence-corrected chi connectivity index (χ4v) is 1.61. The van der Waals surface area contributed by atoms with E-state index in [9.17, 15) is 9.59 Å². The number of hydrogen-bond donors (Lipinski definition) is 3. The van der Waals surface area contributed by atoms with Crippen LogP contribution in [0.25, 0.3) is 0 Å². The van der Waals surface area contributed by atoms with E-state index in [-0.39, 0.29) is 25.4 Å². The van der Waals surface area contributed by atoms with Gasteiger partial charge in [-0.2, -0.15) is 0 Å². The Morgan fingerprint density at radius 3 is 2.80 bits per heavy atom. The lowest BCUT2D eigenvalue weighted by molar-refractivity contribution is -0.148. The maximum absolute atomic E-state index is 11.4. The van der Waals surface area contributed by atoms with Crippen LogP contribution in [0.2, 0.25) is 0 Å². The van der Waals surface area contributed by atoms with Crippen LogP contribution in [0.5, 0.6) is 0 Å². The van der Waals surface area contributed by atoms with Gasteiger partial charge in [0.05, 0.1) is 18.6 Å². The number of piperidine rings is 1. The summed E-state index contributed by atoms with van der Waals surface area (Å²) in [5.74, 6) is -1.65. The average molecular weight is 217 g/mol. The molecule has 1 heterocycles. The summed E-state index contributed by atoms with van der Waals surface area (Å²) in [6, 6.07) is 0. The van der Waals surface area contributed by atoms with Gasteiger partial charge in [0.1, 0.15) is 0 Å². The SMILES string of the molecule is O=C(O)C1CCC(=O)N(CC(O)CO)C1. The second kappa shape index (κ2) is 5.09. The first-order chi connectivity index (χ1) is 7.04. The number of likely N-dealkylation sites (tertiary alicyclic amines) is 1. The number of aliphatic hydroxyl groups excluding tert-OH is 2. The molecule has 1 amide bonds. The van der Waals surface area contributed by atoms with Crippen molar-refractivity contribution in [2.45, 2.75) is 18.9 Å². The molecule has 0 aromatic rings. The fourth-order valence-electron chi connectivity index (χ4n) is 1.61. The fraction of sp³-hybridized carbons (Fsp3) is 0.778. The summed E-state index contributed by atoms with van der Waals surface area (Å²) in [5.41, 5.74) is 0. The Bertz CT molecular complexity index is 255. The third-order valence-electron chi connectivity index (χ3n) is 2.49. The van der Waals surface area contributed by atoms with Crippen LogP contribution in [-0.4, -0.2) is 57.9 Å². The Hall–Kier alpha value is -1.14. The van der Waals surface area contributed by atoms with E-state index in [0.29, 0.717) is 6.42 Å². The van der Waals surface area contributed by atoms with Gasteiger partial charge in [0, 0.05) is 19.5 Å². The van der Waals surface area contributed by atoms with E-state index < -0.39 is 24.6 Å². The molecule has 2 unspecified atom stereocenters. The summed E-state index contributed by atoms with van der Waals surface area (Å²) in [4.78, 5) is 23.4. The van der Waals surface area contributed by atoms with Crippen LogP contribution in [0.1, 0.15) is 12.8 Å². The largest absolute Gasteiger partial charge is 0.481 e. The Kier molecular flexibility index (Phi) is 4.05. The number of amides is 1. The van der Waals surface area contributed by atoms with Crippen molar-refractivity contribution in [3.05, 3.63) is 0 Å². The molecule has 1 aliphatic heterocycles. The molecule has 0 radical (unpaired) electrons. The zero-order chi connectivity index (χ0) is 11.4. The van der Waals surface area contributed by atoms with Crippen molar-refractivity contribution < 1.29 is 24.9 Å². The molecule has 0 aromatic heterocycles. The molecule has 0 aromatic carbocycles. The molecule has 0 aliphatic carbocycles. The van der Waals surface area contributed by atoms with Crippen LogP contribution in [-0.2, 0) is 9.59 Å². The third kappa shape index (κ3) is 3.17. The molecule has 6 nitrogen and oxygen atoms in total. The molecular formula is C9H15NO5. The first kappa shape index (κ1) is 11.9. The highest BCUT2D eigenvalue weighted by atomic mass is 16.4. The molecule has 2 atom stereocenters. The van der Waals surface area contributed by atoms with Crippen molar-refractivity contribution in [2.24, 2.45) is 5.92 Å². The van der Waals surface area contributed by atoms with E-state index in [0.717, 1.165) is 0 Å². The Labute approximate surface area is 87.1 Å². The standard InChI is InChI=1S/C9H15NO5/c11-5-7(12)4-10-3-6(9(14)15)1-2-8(10)13/h6-7,11-12H,1-5H2,(H,14,15). The number of carbonyl (C=O) groups excluding carboxylic acids is 1. The van der Waals surface area contributed by atoms with Crippen molar-refractivity contribution in [1.82, 2.24) is 4.90 Å². The van der Waals surface area contributed by atoms with Gasteiger partial charge in [0.15, 0.2) is 0 Å². The summed E-state index contributed by atoms with van der Waals surface area (Å²) in [6.07, 6.45) is -0.462. The molecule has 6 heteroatoms. The topological polar surface area (TPSA) is 98.1 Å². The highest BCUT2D eigenvalue weighted by molar-refractivity contribution is 5.80. The number of hydrogen-bond acceptors (Lipinski definition) is 4. The van der Waals surface area contributed by atoms with Crippen LogP contribution >= 0.6 is 0 Å². The summed E-state index contributed by atoms with van der Waals surface area (Å²) < 4.78 is 0. The zero-order valence-corrected chi connectivity index (χ0v) is 8.30. The lowest BCUT2D eigenvalue weighted by Crippen LogP contribution is -2.46. The number of carboxylic acid groups (broad SMARTS) is 1. The molecule has 0 bridgehead atoms. The van der Waals surface area contributed by atoms with Gasteiger partial charge in [-0.15, -0.1) is 0 Å². The maximum Gasteiger partial charge on any atom is 0.308 e. The molecule has 1 saturated heterocycles. The minimum Gasteiger partial charge on any atom is -0.481 e. The van der Waals surface area contributed by atoms with Crippen molar-refractivity contribution in [3.63, 3.8) is 0 Å². The van der Waals surface area contributed by atoms with Crippen LogP contribution < -0.4 is 0 Å². The van der Waals surface area contributed by atoms with Crippen LogP contribution in [0.3, 0.4) is 0 Å². The first-order valence-corrected chi connectivity index (χ1v) is 4.84. The van der Waals surface area contributed by atoms with E-state index in [2.05, 4.69) is 0 Å². The molecule has 86 valence electrons. The molecule has 1 rings (SSSR count). The van der Waals surface area contributed by atoms with Gasteiger partial charge in [-0.1, -0.05) is 0 Å². The number of nitrogens with zero attached hydrogens (tertiary/aromatic N) is 1. The molecule has 0 spiro atoms. The summed E-state index contributed by atoms with van der Waals surface area (Å²) in [7, 11) is 0. The van der Waals surface area contributed by atoms with Gasteiger partial charge in [-0.3, -0.25) is 9.59 Å². The lowest BCUT2D eigenvalue weighted by Gasteiger charge is -2.31. The van der Waals surface area contributed by atoms with Crippen molar-refractivity contribution >= 4 is 11.9 Å². The average Bonchev–Trinajstić information content (AvgIpc) is 2.20. The normalized spacial score (nSPS) is 24.0. The minimum atomic E-state index is -0.999. The number of aliphatic hydroxyl groups is 2. The Morgan fingerprint density at radius 1 is 1.60 bits per heavy atom. The molecule has 1 aliphatic rings. The van der Waals surface area contributed by atoms with Crippen molar-refractivity contribution in [1.29, 1.82) is 0 Å². The van der Waals surface area contributed by atoms with Crippen LogP contribution in [0.15, 0.2) is 0 Å². The van der Waals surface area contributed by atoms with Gasteiger partial charge in [-0.25, -0.2) is 0 Å². The third-order valence-corrected chi connectivity index (χ3v) is 2.49. The summed E-state index contributed by atoms with van der Waals surface area (Å²) in [6.45, 7) is -0.314. The number of β-amino-alcohol motifs (C(OH)–C–C–N with tert-alkyl or cyclic N) is 1. The number of rotatable bonds is 4. The lowest BCUT2D eigenvalue weighted by atomic mass is 9.97. The maximum atomic E-state index is 11.4. The predicted octanol–water partition coefficient (Wildman–Crippen LogP) is -1.34. The van der Waals surface area contributed by atoms with Crippen LogP contribution in [0, 0.1) is 5.92 Å². The van der Waals surface area contributed by atoms with E-state index in [1.54, 1.807) is 0 Å². The number of aliphatic carboxylic acids is 1. The molecule has 15 heavy (non-hydrogen) atoms. The van der Waals surface area contributed by atoms with Gasteiger partial charge in [0.2, 0.25) is 5.91 Å². The molecular weight excluding hydrogens is 202 g/mol. The summed E-state index contributed by atoms with van der Waals surface area (Å²) >= 11 is 0. The molecule has 3 N–H and O–H groups in total. The van der Waals surface area contributed by atoms with Crippen molar-refractivity contribution in [2.75, 3.05) is 19.7 Å². The van der Waals surface area contributed by atoms with Gasteiger partial charge in [0.25, 0.3) is 0 Å². The monoisotopic (exact) mass is 217 g/mol. The van der Waals surface area contributed by atoms with E-state index >= 15 is 0 Å². The second-order valence-electron chi connectivity index (χ2n) is 3.71. The van der Waals surface area contributed by atoms with Crippen LogP contribution in [0.4, 0.5) is 0 Å². The van der Waals surface area contributed by atoms with E-state index in [4.69, 9.17) is 15.3 Å².